The van der Waals surface area contributed by atoms with Gasteiger partial charge in [0.15, 0.2) is 0 Å². The Kier molecular flexibility index (Phi) is 3.64. The molecule has 1 saturated carbocycles. The Balaban J connectivity index is 1.78. The van der Waals surface area contributed by atoms with Crippen molar-refractivity contribution in [3.8, 4) is 0 Å². The Bertz CT molecular complexity index is 419. The van der Waals surface area contributed by atoms with Crippen molar-refractivity contribution in [2.24, 2.45) is 5.92 Å². The molecule has 1 heterocycles. The predicted octanol–water partition coefficient (Wildman–Crippen LogP) is 3.20. The lowest BCUT2D eigenvalue weighted by molar-refractivity contribution is -0.0764. The van der Waals surface area contributed by atoms with Gasteiger partial charge in [-0.15, -0.1) is 0 Å². The minimum absolute atomic E-state index is 0.458. The second-order valence-corrected chi connectivity index (χ2v) is 6.43. The fraction of sp³-hybridized carbons (Fsp3) is 0.647. The molecule has 0 unspecified atom stereocenters. The summed E-state index contributed by atoms with van der Waals surface area (Å²) in [6.07, 6.45) is 5.84. The summed E-state index contributed by atoms with van der Waals surface area (Å²) < 4.78 is 0. The quantitative estimate of drug-likeness (QED) is 0.901. The van der Waals surface area contributed by atoms with Crippen LogP contribution in [0.5, 0.6) is 0 Å². The van der Waals surface area contributed by atoms with Gasteiger partial charge in [0.25, 0.3) is 0 Å². The molecule has 0 spiro atoms. The van der Waals surface area contributed by atoms with Crippen LogP contribution in [0.25, 0.3) is 0 Å². The number of aliphatic hydroxyl groups is 1. The summed E-state index contributed by atoms with van der Waals surface area (Å²) in [5.74, 6) is 0.711. The zero-order chi connectivity index (χ0) is 13.3. The largest absolute Gasteiger partial charge is 0.389 e. The molecular weight excluding hydrogens is 234 g/mol. The van der Waals surface area contributed by atoms with Crippen molar-refractivity contribution in [2.75, 3.05) is 6.54 Å². The van der Waals surface area contributed by atoms with Crippen LogP contribution in [0.1, 0.15) is 44.6 Å². The van der Waals surface area contributed by atoms with E-state index in [2.05, 4.69) is 42.2 Å². The molecule has 104 valence electrons. The highest BCUT2D eigenvalue weighted by Crippen LogP contribution is 2.42. The maximum atomic E-state index is 10.7. The minimum Gasteiger partial charge on any atom is -0.389 e. The van der Waals surface area contributed by atoms with Gasteiger partial charge < -0.3 is 5.11 Å². The first kappa shape index (κ1) is 13.1. The molecule has 2 nitrogen and oxygen atoms in total. The van der Waals surface area contributed by atoms with Gasteiger partial charge in [-0.25, -0.2) is 0 Å². The summed E-state index contributed by atoms with van der Waals surface area (Å²) in [6.45, 7) is 3.96. The summed E-state index contributed by atoms with van der Waals surface area (Å²) in [7, 11) is 0. The molecule has 2 heteroatoms. The van der Waals surface area contributed by atoms with Gasteiger partial charge in [0.1, 0.15) is 0 Å². The molecule has 19 heavy (non-hydrogen) atoms. The number of likely N-dealkylation sites (tertiary alicyclic amines) is 1. The van der Waals surface area contributed by atoms with Gasteiger partial charge in [-0.2, -0.15) is 0 Å². The van der Waals surface area contributed by atoms with Crippen molar-refractivity contribution in [2.45, 2.75) is 57.2 Å². The Morgan fingerprint density at radius 1 is 1.26 bits per heavy atom. The summed E-state index contributed by atoms with van der Waals surface area (Å²) in [4.78, 5) is 2.54. The smallest absolute Gasteiger partial charge is 0.0774 e. The van der Waals surface area contributed by atoms with Crippen molar-refractivity contribution in [3.05, 3.63) is 35.9 Å². The van der Waals surface area contributed by atoms with Gasteiger partial charge >= 0.3 is 0 Å². The van der Waals surface area contributed by atoms with E-state index in [1.165, 1.54) is 24.8 Å². The zero-order valence-electron chi connectivity index (χ0n) is 11.9. The topological polar surface area (TPSA) is 23.5 Å². The second-order valence-electron chi connectivity index (χ2n) is 6.43. The third-order valence-corrected chi connectivity index (χ3v) is 5.11. The van der Waals surface area contributed by atoms with Crippen LogP contribution < -0.4 is 0 Å². The summed E-state index contributed by atoms with van der Waals surface area (Å²) in [5.41, 5.74) is 0.911. The Morgan fingerprint density at radius 3 is 2.79 bits per heavy atom. The van der Waals surface area contributed by atoms with Crippen LogP contribution in [-0.2, 0) is 6.54 Å². The molecule has 2 fully saturated rings. The van der Waals surface area contributed by atoms with E-state index in [1.54, 1.807) is 0 Å². The molecule has 1 saturated heterocycles. The van der Waals surface area contributed by atoms with Crippen LogP contribution in [0, 0.1) is 5.92 Å². The Morgan fingerprint density at radius 2 is 2.05 bits per heavy atom. The lowest BCUT2D eigenvalue weighted by atomic mass is 9.80. The predicted molar refractivity (Wildman–Crippen MR) is 77.8 cm³/mol. The molecule has 3 rings (SSSR count). The van der Waals surface area contributed by atoms with E-state index >= 15 is 0 Å². The molecule has 1 aliphatic carbocycles. The molecule has 0 aromatic heterocycles. The molecule has 1 aliphatic heterocycles. The number of hydrogen-bond acceptors (Lipinski definition) is 2. The van der Waals surface area contributed by atoms with Gasteiger partial charge in [-0.1, -0.05) is 43.7 Å². The summed E-state index contributed by atoms with van der Waals surface area (Å²) in [6, 6.07) is 11.4. The van der Waals surface area contributed by atoms with Gasteiger partial charge in [0.05, 0.1) is 5.60 Å². The minimum atomic E-state index is -0.458. The van der Waals surface area contributed by atoms with Crippen molar-refractivity contribution < 1.29 is 5.11 Å². The first-order valence-electron chi connectivity index (χ1n) is 7.70. The highest BCUT2D eigenvalue weighted by molar-refractivity contribution is 5.15. The summed E-state index contributed by atoms with van der Waals surface area (Å²) >= 11 is 0. The number of nitrogens with zero attached hydrogens (tertiary/aromatic N) is 1. The van der Waals surface area contributed by atoms with Crippen LogP contribution in [0.4, 0.5) is 0 Å². The van der Waals surface area contributed by atoms with E-state index in [9.17, 15) is 5.11 Å². The molecule has 2 aliphatic rings. The second kappa shape index (κ2) is 5.26. The number of piperidine rings is 1. The average Bonchev–Trinajstić information content (AvgIpc) is 2.88. The van der Waals surface area contributed by atoms with E-state index in [0.717, 1.165) is 25.9 Å². The Labute approximate surface area is 116 Å². The average molecular weight is 259 g/mol. The third-order valence-electron chi connectivity index (χ3n) is 5.11. The van der Waals surface area contributed by atoms with Crippen molar-refractivity contribution in [1.82, 2.24) is 4.90 Å². The molecule has 1 aromatic rings. The fourth-order valence-corrected chi connectivity index (χ4v) is 4.03. The molecule has 0 amide bonds. The van der Waals surface area contributed by atoms with E-state index in [4.69, 9.17) is 0 Å². The molecule has 0 bridgehead atoms. The van der Waals surface area contributed by atoms with Gasteiger partial charge in [0, 0.05) is 19.1 Å². The van der Waals surface area contributed by atoms with Crippen LogP contribution >= 0.6 is 0 Å². The van der Waals surface area contributed by atoms with Crippen molar-refractivity contribution >= 4 is 0 Å². The van der Waals surface area contributed by atoms with E-state index < -0.39 is 5.60 Å². The Hall–Kier alpha value is -0.860. The van der Waals surface area contributed by atoms with E-state index in [-0.39, 0.29) is 0 Å². The van der Waals surface area contributed by atoms with Crippen LogP contribution in [0.3, 0.4) is 0 Å². The third kappa shape index (κ3) is 2.70. The van der Waals surface area contributed by atoms with Gasteiger partial charge in [-0.3, -0.25) is 4.90 Å². The first-order valence-corrected chi connectivity index (χ1v) is 7.70. The van der Waals surface area contributed by atoms with Gasteiger partial charge in [0.2, 0.25) is 0 Å². The molecule has 0 radical (unpaired) electrons. The highest BCUT2D eigenvalue weighted by Gasteiger charge is 2.44. The van der Waals surface area contributed by atoms with Crippen molar-refractivity contribution in [3.63, 3.8) is 0 Å². The van der Waals surface area contributed by atoms with Crippen LogP contribution in [0.15, 0.2) is 30.3 Å². The molecular formula is C17H25NO. The van der Waals surface area contributed by atoms with E-state index in [0.29, 0.717) is 12.0 Å². The monoisotopic (exact) mass is 259 g/mol. The molecule has 1 aromatic carbocycles. The highest BCUT2D eigenvalue weighted by atomic mass is 16.3. The number of fused-ring (bicyclic) bond motifs is 1. The molecule has 3 atom stereocenters. The molecule has 1 N–H and O–H groups in total. The first-order chi connectivity index (χ1) is 9.20. The summed E-state index contributed by atoms with van der Waals surface area (Å²) in [5, 5.41) is 10.7. The number of benzene rings is 1. The van der Waals surface area contributed by atoms with Crippen molar-refractivity contribution in [1.29, 1.82) is 0 Å². The number of β-amino-alcohol motifs (C(OH)–C–C–N with tert-alkyl or cyclic N) is 1. The van der Waals surface area contributed by atoms with Crippen LogP contribution in [-0.4, -0.2) is 28.2 Å². The maximum absolute atomic E-state index is 10.7. The van der Waals surface area contributed by atoms with Crippen LogP contribution in [0.2, 0.25) is 0 Å². The fourth-order valence-electron chi connectivity index (χ4n) is 4.03. The standard InChI is InChI=1S/C17H25NO/c1-2-17(19)11-15-9-6-10-16(15)18(13-17)12-14-7-4-3-5-8-14/h3-5,7-8,15-16,19H,2,6,9-13H2,1H3/t15-,16-,17+/m1/s1. The number of hydrogen-bond donors (Lipinski definition) is 1. The lowest BCUT2D eigenvalue weighted by Crippen LogP contribution is -2.54. The SMILES string of the molecule is CC[C@]1(O)C[C@H]2CCC[C@H]2N(Cc2ccccc2)C1. The zero-order valence-corrected chi connectivity index (χ0v) is 11.9. The lowest BCUT2D eigenvalue weighted by Gasteiger charge is -2.46. The maximum Gasteiger partial charge on any atom is 0.0774 e. The normalized spacial score (nSPS) is 35.3. The number of rotatable bonds is 3. The van der Waals surface area contributed by atoms with Gasteiger partial charge in [-0.05, 0) is 37.2 Å². The van der Waals surface area contributed by atoms with E-state index in [1.807, 2.05) is 0 Å².